The van der Waals surface area contributed by atoms with Crippen LogP contribution < -0.4 is 10.6 Å². The molecular formula is C19H21FN2O3. The molecule has 2 amide bonds. The number of ether oxygens (including phenoxy) is 1. The molecule has 2 aromatic carbocycles. The molecule has 2 N–H and O–H groups in total. The zero-order valence-corrected chi connectivity index (χ0v) is 14.3. The number of alkyl carbamates (subject to hydrolysis) is 1. The van der Waals surface area contributed by atoms with Gasteiger partial charge in [0.2, 0.25) is 0 Å². The molecule has 0 heterocycles. The summed E-state index contributed by atoms with van der Waals surface area (Å²) < 4.78 is 18.9. The molecule has 0 spiro atoms. The lowest BCUT2D eigenvalue weighted by molar-refractivity contribution is -0.123. The highest BCUT2D eigenvalue weighted by molar-refractivity contribution is 5.79. The molecule has 0 saturated carbocycles. The summed E-state index contributed by atoms with van der Waals surface area (Å²) in [4.78, 5) is 22.4. The van der Waals surface area contributed by atoms with Crippen molar-refractivity contribution in [3.63, 3.8) is 0 Å². The van der Waals surface area contributed by atoms with Crippen molar-refractivity contribution in [2.24, 2.45) is 0 Å². The number of carbonyl (C=O) groups excluding carboxylic acids is 2. The summed E-state index contributed by atoms with van der Waals surface area (Å²) in [7, 11) is 1.45. The fourth-order valence-corrected chi connectivity index (χ4v) is 2.23. The number of aryl methyl sites for hydroxylation is 1. The molecule has 0 bridgehead atoms. The summed E-state index contributed by atoms with van der Waals surface area (Å²) in [5.74, 6) is -0.716. The third-order valence-corrected chi connectivity index (χ3v) is 3.71. The fourth-order valence-electron chi connectivity index (χ4n) is 2.23. The van der Waals surface area contributed by atoms with E-state index in [4.69, 9.17) is 4.74 Å². The minimum atomic E-state index is -0.708. The molecule has 0 radical (unpaired) electrons. The van der Waals surface area contributed by atoms with E-state index in [9.17, 15) is 14.0 Å². The molecule has 0 aliphatic rings. The third kappa shape index (κ3) is 5.60. The maximum Gasteiger partial charge on any atom is 0.407 e. The maximum absolute atomic E-state index is 14.2. The molecule has 0 unspecified atom stereocenters. The highest BCUT2D eigenvalue weighted by Gasteiger charge is 2.08. The number of hydrogen-bond acceptors (Lipinski definition) is 3. The predicted octanol–water partition coefficient (Wildman–Crippen LogP) is 2.82. The summed E-state index contributed by atoms with van der Waals surface area (Å²) in [6.07, 6.45) is -0.380. The topological polar surface area (TPSA) is 67.4 Å². The number of halogens is 1. The lowest BCUT2D eigenvalue weighted by Gasteiger charge is -2.09. The van der Waals surface area contributed by atoms with Crippen molar-refractivity contribution in [3.8, 4) is 11.1 Å². The van der Waals surface area contributed by atoms with Crippen LogP contribution in [-0.4, -0.2) is 32.2 Å². The van der Waals surface area contributed by atoms with Crippen LogP contribution in [0.2, 0.25) is 0 Å². The van der Waals surface area contributed by atoms with E-state index in [2.05, 4.69) is 10.6 Å². The molecule has 5 nitrogen and oxygen atoms in total. The molecule has 25 heavy (non-hydrogen) atoms. The highest BCUT2D eigenvalue weighted by atomic mass is 19.1. The number of benzene rings is 2. The molecule has 6 heteroatoms. The average molecular weight is 344 g/mol. The monoisotopic (exact) mass is 344 g/mol. The second-order valence-corrected chi connectivity index (χ2v) is 5.60. The highest BCUT2D eigenvalue weighted by Crippen LogP contribution is 2.22. The van der Waals surface area contributed by atoms with E-state index in [1.54, 1.807) is 6.07 Å². The summed E-state index contributed by atoms with van der Waals surface area (Å²) >= 11 is 0. The molecule has 2 rings (SSSR count). The Kier molecular flexibility index (Phi) is 6.51. The van der Waals surface area contributed by atoms with E-state index in [1.807, 2.05) is 37.3 Å². The Hall–Kier alpha value is -2.89. The van der Waals surface area contributed by atoms with E-state index >= 15 is 0 Å². The number of rotatable bonds is 6. The minimum absolute atomic E-state index is 0.216. The molecule has 0 aliphatic carbocycles. The molecule has 0 aliphatic heterocycles. The summed E-state index contributed by atoms with van der Waals surface area (Å²) in [5, 5.41) is 4.82. The standard InChI is InChI=1S/C19H21FN2O3/c1-13-3-5-14(6-4-13)16-8-7-15(17(20)11-16)9-10-22-19(24)25-12-18(23)21-2/h3-8,11H,9-10,12H2,1-2H3,(H,21,23)(H,22,24). The van der Waals surface area contributed by atoms with Gasteiger partial charge in [-0.15, -0.1) is 0 Å². The first kappa shape index (κ1) is 18.4. The van der Waals surface area contributed by atoms with Crippen LogP contribution in [0.25, 0.3) is 11.1 Å². The van der Waals surface area contributed by atoms with Crippen molar-refractivity contribution >= 4 is 12.0 Å². The summed E-state index contributed by atoms with van der Waals surface area (Å²) in [5.41, 5.74) is 3.41. The normalized spacial score (nSPS) is 10.2. The van der Waals surface area contributed by atoms with Gasteiger partial charge in [-0.1, -0.05) is 42.0 Å². The minimum Gasteiger partial charge on any atom is -0.439 e. The molecule has 0 aromatic heterocycles. The van der Waals surface area contributed by atoms with Gasteiger partial charge in [0.25, 0.3) is 5.91 Å². The molecule has 0 atom stereocenters. The van der Waals surface area contributed by atoms with Crippen LogP contribution in [0.5, 0.6) is 0 Å². The Bertz CT molecular complexity index is 745. The van der Waals surface area contributed by atoms with Crippen molar-refractivity contribution < 1.29 is 18.7 Å². The zero-order valence-electron chi connectivity index (χ0n) is 14.3. The van der Waals surface area contributed by atoms with Crippen LogP contribution >= 0.6 is 0 Å². The Labute approximate surface area is 146 Å². The lowest BCUT2D eigenvalue weighted by atomic mass is 10.0. The number of carbonyl (C=O) groups is 2. The van der Waals surface area contributed by atoms with Gasteiger partial charge in [-0.05, 0) is 36.1 Å². The average Bonchev–Trinajstić information content (AvgIpc) is 2.61. The van der Waals surface area contributed by atoms with E-state index in [0.717, 1.165) is 16.7 Å². The Morgan fingerprint density at radius 1 is 1.08 bits per heavy atom. The van der Waals surface area contributed by atoms with Crippen LogP contribution in [-0.2, 0) is 16.0 Å². The number of likely N-dealkylation sites (N-methyl/N-ethyl adjacent to an activating group) is 1. The summed E-state index contributed by atoms with van der Waals surface area (Å²) in [6.45, 7) is 1.87. The Morgan fingerprint density at radius 3 is 2.40 bits per heavy atom. The van der Waals surface area contributed by atoms with E-state index in [1.165, 1.54) is 13.1 Å². The maximum atomic E-state index is 14.2. The second-order valence-electron chi connectivity index (χ2n) is 5.60. The SMILES string of the molecule is CNC(=O)COC(=O)NCCc1ccc(-c2ccc(C)cc2)cc1F. The Morgan fingerprint density at radius 2 is 1.76 bits per heavy atom. The van der Waals surface area contributed by atoms with Gasteiger partial charge in [-0.2, -0.15) is 0 Å². The van der Waals surface area contributed by atoms with Crippen LogP contribution in [0.15, 0.2) is 42.5 Å². The van der Waals surface area contributed by atoms with Gasteiger partial charge in [0.15, 0.2) is 6.61 Å². The van der Waals surface area contributed by atoms with Crippen molar-refractivity contribution in [1.29, 1.82) is 0 Å². The predicted molar refractivity (Wildman–Crippen MR) is 93.7 cm³/mol. The first-order chi connectivity index (χ1) is 12.0. The molecule has 2 aromatic rings. The number of nitrogens with one attached hydrogen (secondary N) is 2. The van der Waals surface area contributed by atoms with Gasteiger partial charge >= 0.3 is 6.09 Å². The van der Waals surface area contributed by atoms with Gasteiger partial charge in [0, 0.05) is 13.6 Å². The van der Waals surface area contributed by atoms with Crippen LogP contribution in [0.4, 0.5) is 9.18 Å². The van der Waals surface area contributed by atoms with Crippen LogP contribution in [0.1, 0.15) is 11.1 Å². The van der Waals surface area contributed by atoms with Gasteiger partial charge < -0.3 is 15.4 Å². The largest absolute Gasteiger partial charge is 0.439 e. The first-order valence-electron chi connectivity index (χ1n) is 7.96. The molecular weight excluding hydrogens is 323 g/mol. The van der Waals surface area contributed by atoms with Crippen molar-refractivity contribution in [2.45, 2.75) is 13.3 Å². The van der Waals surface area contributed by atoms with Crippen molar-refractivity contribution in [1.82, 2.24) is 10.6 Å². The molecule has 132 valence electrons. The Balaban J connectivity index is 1.88. The third-order valence-electron chi connectivity index (χ3n) is 3.71. The number of hydrogen-bond donors (Lipinski definition) is 2. The van der Waals surface area contributed by atoms with E-state index in [-0.39, 0.29) is 19.0 Å². The molecule has 0 fully saturated rings. The fraction of sp³-hybridized carbons (Fsp3) is 0.263. The van der Waals surface area contributed by atoms with E-state index < -0.39 is 12.0 Å². The quantitative estimate of drug-likeness (QED) is 0.847. The van der Waals surface area contributed by atoms with Gasteiger partial charge in [-0.25, -0.2) is 9.18 Å². The number of amides is 2. The summed E-state index contributed by atoms with van der Waals surface area (Å²) in [6, 6.07) is 12.9. The van der Waals surface area contributed by atoms with Crippen molar-refractivity contribution in [2.75, 3.05) is 20.2 Å². The van der Waals surface area contributed by atoms with E-state index in [0.29, 0.717) is 12.0 Å². The van der Waals surface area contributed by atoms with Crippen LogP contribution in [0, 0.1) is 12.7 Å². The van der Waals surface area contributed by atoms with Crippen LogP contribution in [0.3, 0.4) is 0 Å². The van der Waals surface area contributed by atoms with Gasteiger partial charge in [0.1, 0.15) is 5.82 Å². The molecule has 0 saturated heterocycles. The smallest absolute Gasteiger partial charge is 0.407 e. The van der Waals surface area contributed by atoms with Crippen molar-refractivity contribution in [3.05, 3.63) is 59.4 Å². The van der Waals surface area contributed by atoms with Gasteiger partial charge in [-0.3, -0.25) is 4.79 Å². The lowest BCUT2D eigenvalue weighted by Crippen LogP contribution is -2.31. The van der Waals surface area contributed by atoms with Gasteiger partial charge in [0.05, 0.1) is 0 Å². The second kappa shape index (κ2) is 8.82. The zero-order chi connectivity index (χ0) is 18.2. The first-order valence-corrected chi connectivity index (χ1v) is 7.96.